The number of thiophene rings is 1. The van der Waals surface area contributed by atoms with E-state index in [2.05, 4.69) is 28.3 Å². The van der Waals surface area contributed by atoms with Gasteiger partial charge >= 0.3 is 0 Å². The number of hydrogen-bond acceptors (Lipinski definition) is 6. The third-order valence-corrected chi connectivity index (χ3v) is 9.25. The first-order valence-corrected chi connectivity index (χ1v) is 14.4. The summed E-state index contributed by atoms with van der Waals surface area (Å²) in [4.78, 5) is 24.6. The number of benzene rings is 2. The van der Waals surface area contributed by atoms with Gasteiger partial charge in [0.2, 0.25) is 5.91 Å². The van der Waals surface area contributed by atoms with E-state index >= 15 is 0 Å². The van der Waals surface area contributed by atoms with E-state index in [-0.39, 0.29) is 5.91 Å². The number of carbonyl (C=O) groups is 1. The highest BCUT2D eigenvalue weighted by atomic mass is 35.5. The van der Waals surface area contributed by atoms with E-state index in [1.807, 2.05) is 66.7 Å². The Labute approximate surface area is 235 Å². The first-order valence-electron chi connectivity index (χ1n) is 12.3. The Morgan fingerprint density at radius 2 is 2.00 bits per heavy atom. The van der Waals surface area contributed by atoms with Crippen LogP contribution in [-0.4, -0.2) is 17.1 Å². The molecule has 4 aromatic rings. The average Bonchev–Trinajstić information content (AvgIpc) is 3.27. The van der Waals surface area contributed by atoms with Crippen LogP contribution >= 0.6 is 34.7 Å². The van der Waals surface area contributed by atoms with Crippen LogP contribution in [0.2, 0.25) is 5.15 Å². The van der Waals surface area contributed by atoms with E-state index < -0.39 is 5.25 Å². The lowest BCUT2D eigenvalue weighted by atomic mass is 9.88. The number of nitrogens with zero attached hydrogens (tertiary/aromatic N) is 3. The molecule has 0 saturated carbocycles. The van der Waals surface area contributed by atoms with Gasteiger partial charge in [0, 0.05) is 27.7 Å². The molecule has 5 rings (SSSR count). The van der Waals surface area contributed by atoms with Gasteiger partial charge in [-0.15, -0.1) is 23.1 Å². The fourth-order valence-electron chi connectivity index (χ4n) is 4.46. The number of hydrogen-bond donors (Lipinski definition) is 1. The first kappa shape index (κ1) is 26.2. The van der Waals surface area contributed by atoms with Crippen LogP contribution < -0.4 is 5.32 Å². The van der Waals surface area contributed by atoms with Crippen molar-refractivity contribution in [3.63, 3.8) is 0 Å². The van der Waals surface area contributed by atoms with Crippen LogP contribution in [0.5, 0.6) is 0 Å². The van der Waals surface area contributed by atoms with Crippen molar-refractivity contribution in [2.24, 2.45) is 10.9 Å². The molecule has 38 heavy (non-hydrogen) atoms. The Balaban J connectivity index is 1.45. The topological polar surface area (TPSA) is 78.1 Å². The molecule has 5 nitrogen and oxygen atoms in total. The normalized spacial score (nSPS) is 15.6. The predicted molar refractivity (Wildman–Crippen MR) is 157 cm³/mol. The van der Waals surface area contributed by atoms with Crippen LogP contribution in [0, 0.1) is 17.2 Å². The molecule has 0 spiro atoms. The zero-order valence-electron chi connectivity index (χ0n) is 20.7. The number of carbonyl (C=O) groups excluding carboxylic acids is 1. The summed E-state index contributed by atoms with van der Waals surface area (Å²) in [7, 11) is 0. The quantitative estimate of drug-likeness (QED) is 0.142. The molecule has 2 atom stereocenters. The molecular weight excluding hydrogens is 532 g/mol. The second-order valence-electron chi connectivity index (χ2n) is 9.17. The van der Waals surface area contributed by atoms with Gasteiger partial charge in [0.15, 0.2) is 0 Å². The molecule has 190 valence electrons. The maximum Gasteiger partial charge on any atom is 0.243 e. The summed E-state index contributed by atoms with van der Waals surface area (Å²) in [6.45, 7) is 2.23. The number of nitrogens with one attached hydrogen (secondary N) is 1. The molecule has 0 unspecified atom stereocenters. The molecule has 2 aromatic carbocycles. The van der Waals surface area contributed by atoms with Crippen LogP contribution in [0.1, 0.15) is 45.7 Å². The molecular formula is C30H25ClN4OS2. The molecule has 0 radical (unpaired) electrons. The second-order valence-corrected chi connectivity index (χ2v) is 11.8. The number of fused-ring (bicyclic) bond motifs is 1. The number of rotatable bonds is 7. The maximum atomic E-state index is 13.8. The van der Waals surface area contributed by atoms with Gasteiger partial charge < -0.3 is 5.32 Å². The molecule has 0 aliphatic heterocycles. The number of nitriles is 1. The highest BCUT2D eigenvalue weighted by molar-refractivity contribution is 8.00. The van der Waals surface area contributed by atoms with Crippen molar-refractivity contribution in [3.05, 3.63) is 105 Å². The number of amides is 1. The van der Waals surface area contributed by atoms with Crippen molar-refractivity contribution in [1.82, 2.24) is 4.98 Å². The van der Waals surface area contributed by atoms with Crippen LogP contribution in [0.25, 0.3) is 0 Å². The number of para-hydroxylation sites is 1. The van der Waals surface area contributed by atoms with E-state index in [1.54, 1.807) is 23.7 Å². The van der Waals surface area contributed by atoms with E-state index in [1.165, 1.54) is 16.6 Å². The van der Waals surface area contributed by atoms with Crippen LogP contribution in [0.15, 0.2) is 82.8 Å². The Morgan fingerprint density at radius 1 is 1.21 bits per heavy atom. The molecule has 1 N–H and O–H groups in total. The standard InChI is InChI=1S/C30H25ClN4OS2/c1-19-13-14-22-23(17-32)30(38-26(22)16-19)35-29(36)27(20-8-3-2-4-9-20)37-25-12-6-5-11-24(25)34-18-21-10-7-15-33-28(21)31/h2-12,15,18-19,27H,13-14,16H2,1H3,(H,35,36)/t19-,27-/m1/s1. The Kier molecular flexibility index (Phi) is 8.23. The Hall–Kier alpha value is -3.44. The molecule has 2 heterocycles. The van der Waals surface area contributed by atoms with Gasteiger partial charge in [-0.05, 0) is 60.6 Å². The molecule has 1 aliphatic carbocycles. The Bertz CT molecular complexity index is 1530. The third-order valence-electron chi connectivity index (χ3n) is 6.44. The largest absolute Gasteiger partial charge is 0.315 e. The van der Waals surface area contributed by atoms with E-state index in [0.29, 0.717) is 27.2 Å². The number of aliphatic imine (C=N–C) groups is 1. The minimum absolute atomic E-state index is 0.168. The van der Waals surface area contributed by atoms with E-state index in [0.717, 1.165) is 41.0 Å². The first-order chi connectivity index (χ1) is 18.5. The van der Waals surface area contributed by atoms with Crippen LogP contribution in [0.4, 0.5) is 10.7 Å². The zero-order valence-corrected chi connectivity index (χ0v) is 23.1. The predicted octanol–water partition coefficient (Wildman–Crippen LogP) is 8.02. The smallest absolute Gasteiger partial charge is 0.243 e. The lowest BCUT2D eigenvalue weighted by Crippen LogP contribution is -2.19. The average molecular weight is 557 g/mol. The molecule has 0 bridgehead atoms. The molecule has 1 amide bonds. The van der Waals surface area contributed by atoms with Crippen molar-refractivity contribution < 1.29 is 4.79 Å². The second kappa shape index (κ2) is 12.0. The lowest BCUT2D eigenvalue weighted by molar-refractivity contribution is -0.115. The highest BCUT2D eigenvalue weighted by Crippen LogP contribution is 2.43. The number of anilines is 1. The fraction of sp³-hybridized carbons (Fsp3) is 0.200. The minimum Gasteiger partial charge on any atom is -0.315 e. The van der Waals surface area contributed by atoms with Crippen molar-refractivity contribution in [3.8, 4) is 6.07 Å². The Morgan fingerprint density at radius 3 is 2.79 bits per heavy atom. The summed E-state index contributed by atoms with van der Waals surface area (Å²) in [5, 5.41) is 13.5. The van der Waals surface area contributed by atoms with Crippen molar-refractivity contribution in [2.45, 2.75) is 36.3 Å². The van der Waals surface area contributed by atoms with E-state index in [4.69, 9.17) is 11.6 Å². The monoisotopic (exact) mass is 556 g/mol. The van der Waals surface area contributed by atoms with Crippen molar-refractivity contribution in [1.29, 1.82) is 5.26 Å². The van der Waals surface area contributed by atoms with Crippen molar-refractivity contribution in [2.75, 3.05) is 5.32 Å². The number of pyridine rings is 1. The summed E-state index contributed by atoms with van der Waals surface area (Å²) >= 11 is 9.17. The molecule has 0 fully saturated rings. The maximum absolute atomic E-state index is 13.8. The van der Waals surface area contributed by atoms with Gasteiger partial charge in [-0.3, -0.25) is 9.79 Å². The summed E-state index contributed by atoms with van der Waals surface area (Å²) in [5.41, 5.74) is 4.03. The number of thioether (sulfide) groups is 1. The molecule has 0 saturated heterocycles. The summed E-state index contributed by atoms with van der Waals surface area (Å²) < 4.78 is 0. The van der Waals surface area contributed by atoms with Gasteiger partial charge in [0.05, 0.1) is 11.3 Å². The SMILES string of the molecule is C[C@@H]1CCc2c(sc(NC(=O)[C@H](Sc3ccccc3N=Cc3cccnc3Cl)c3ccccc3)c2C#N)C1. The summed E-state index contributed by atoms with van der Waals surface area (Å²) in [6.07, 6.45) is 6.22. The van der Waals surface area contributed by atoms with Gasteiger partial charge in [0.1, 0.15) is 21.5 Å². The molecule has 8 heteroatoms. The zero-order chi connectivity index (χ0) is 26.5. The number of halogens is 1. The minimum atomic E-state index is -0.542. The third kappa shape index (κ3) is 5.83. The molecule has 1 aliphatic rings. The van der Waals surface area contributed by atoms with Crippen molar-refractivity contribution >= 4 is 57.5 Å². The lowest BCUT2D eigenvalue weighted by Gasteiger charge is -2.18. The fourth-order valence-corrected chi connectivity index (χ4v) is 7.10. The van der Waals surface area contributed by atoms with Gasteiger partial charge in [0.25, 0.3) is 0 Å². The molecule has 2 aromatic heterocycles. The van der Waals surface area contributed by atoms with Gasteiger partial charge in [-0.2, -0.15) is 5.26 Å². The number of aromatic nitrogens is 1. The van der Waals surface area contributed by atoms with E-state index in [9.17, 15) is 10.1 Å². The summed E-state index contributed by atoms with van der Waals surface area (Å²) in [6, 6.07) is 23.4. The van der Waals surface area contributed by atoms with Gasteiger partial charge in [-0.25, -0.2) is 4.98 Å². The highest BCUT2D eigenvalue weighted by Gasteiger charge is 2.28. The van der Waals surface area contributed by atoms with Crippen LogP contribution in [0.3, 0.4) is 0 Å². The van der Waals surface area contributed by atoms with Crippen LogP contribution in [-0.2, 0) is 17.6 Å². The summed E-state index contributed by atoms with van der Waals surface area (Å²) in [5.74, 6) is 0.418. The van der Waals surface area contributed by atoms with Gasteiger partial charge in [-0.1, -0.05) is 61.0 Å².